The summed E-state index contributed by atoms with van der Waals surface area (Å²) in [6, 6.07) is 11.3. The van der Waals surface area contributed by atoms with Gasteiger partial charge in [-0.1, -0.05) is 13.8 Å². The minimum atomic E-state index is -0.321. The lowest BCUT2D eigenvalue weighted by Crippen LogP contribution is -2.50. The van der Waals surface area contributed by atoms with E-state index in [2.05, 4.69) is 18.7 Å². The van der Waals surface area contributed by atoms with E-state index in [9.17, 15) is 9.59 Å². The van der Waals surface area contributed by atoms with Crippen molar-refractivity contribution < 1.29 is 14.3 Å². The van der Waals surface area contributed by atoms with Crippen molar-refractivity contribution in [2.45, 2.75) is 33.2 Å². The number of hydrogen-bond donors (Lipinski definition) is 0. The van der Waals surface area contributed by atoms with E-state index in [1.165, 1.54) is 6.92 Å². The van der Waals surface area contributed by atoms with Crippen molar-refractivity contribution in [3.63, 3.8) is 0 Å². The van der Waals surface area contributed by atoms with Gasteiger partial charge in [-0.15, -0.1) is 0 Å². The van der Waals surface area contributed by atoms with E-state index in [4.69, 9.17) is 4.74 Å². The number of benzene rings is 1. The first-order valence-electron chi connectivity index (χ1n) is 9.88. The number of esters is 1. The van der Waals surface area contributed by atoms with Crippen LogP contribution in [0.2, 0.25) is 0 Å². The summed E-state index contributed by atoms with van der Waals surface area (Å²) in [5, 5.41) is 0. The number of carbonyl (C=O) groups is 2. The van der Waals surface area contributed by atoms with Crippen molar-refractivity contribution in [3.8, 4) is 5.75 Å². The highest BCUT2D eigenvalue weighted by Crippen LogP contribution is 2.24. The van der Waals surface area contributed by atoms with Gasteiger partial charge in [0, 0.05) is 51.2 Å². The van der Waals surface area contributed by atoms with Gasteiger partial charge < -0.3 is 19.1 Å². The Hall–Kier alpha value is -2.76. The lowest BCUT2D eigenvalue weighted by Gasteiger charge is -2.38. The molecule has 1 fully saturated rings. The zero-order chi connectivity index (χ0) is 20.1. The molecule has 2 heterocycles. The standard InChI is InChI=1S/C22H29N3O3/c1-17(2)16-21(24-10-4-5-11-24)22(27)25-14-12-23(13-15-25)19-6-8-20(9-7-19)28-18(3)26/h4-11,17,21H,12-16H2,1-3H3/t21-/m0/s1. The monoisotopic (exact) mass is 383 g/mol. The van der Waals surface area contributed by atoms with Crippen LogP contribution >= 0.6 is 0 Å². The fraction of sp³-hybridized carbons (Fsp3) is 0.455. The molecule has 150 valence electrons. The Balaban J connectivity index is 1.60. The lowest BCUT2D eigenvalue weighted by molar-refractivity contribution is -0.135. The summed E-state index contributed by atoms with van der Waals surface area (Å²) in [6.07, 6.45) is 4.79. The van der Waals surface area contributed by atoms with Crippen LogP contribution in [0.25, 0.3) is 0 Å². The van der Waals surface area contributed by atoms with Crippen LogP contribution in [0.5, 0.6) is 5.75 Å². The third-order valence-electron chi connectivity index (χ3n) is 5.02. The number of nitrogens with zero attached hydrogens (tertiary/aromatic N) is 3. The molecular formula is C22H29N3O3. The van der Waals surface area contributed by atoms with Gasteiger partial charge in [0.05, 0.1) is 0 Å². The fourth-order valence-corrected chi connectivity index (χ4v) is 3.64. The van der Waals surface area contributed by atoms with Crippen LogP contribution in [-0.4, -0.2) is 47.5 Å². The second-order valence-electron chi connectivity index (χ2n) is 7.68. The van der Waals surface area contributed by atoms with Gasteiger partial charge in [0.1, 0.15) is 11.8 Å². The van der Waals surface area contributed by atoms with Crippen LogP contribution < -0.4 is 9.64 Å². The van der Waals surface area contributed by atoms with Crippen molar-refractivity contribution in [2.24, 2.45) is 5.92 Å². The molecule has 1 aliphatic heterocycles. The molecule has 1 atom stereocenters. The zero-order valence-electron chi connectivity index (χ0n) is 16.9. The number of piperazine rings is 1. The second-order valence-corrected chi connectivity index (χ2v) is 7.68. The number of ether oxygens (including phenoxy) is 1. The quantitative estimate of drug-likeness (QED) is 0.567. The summed E-state index contributed by atoms with van der Waals surface area (Å²) in [7, 11) is 0. The molecule has 0 radical (unpaired) electrons. The number of carbonyl (C=O) groups excluding carboxylic acids is 2. The van der Waals surface area contributed by atoms with E-state index < -0.39 is 0 Å². The SMILES string of the molecule is CC(=O)Oc1ccc(N2CCN(C(=O)[C@H](CC(C)C)n3cccc3)CC2)cc1. The molecule has 3 rings (SSSR count). The summed E-state index contributed by atoms with van der Waals surface area (Å²) >= 11 is 0. The maximum absolute atomic E-state index is 13.2. The minimum absolute atomic E-state index is 0.135. The average Bonchev–Trinajstić information content (AvgIpc) is 3.20. The summed E-state index contributed by atoms with van der Waals surface area (Å²) in [4.78, 5) is 28.4. The summed E-state index contributed by atoms with van der Waals surface area (Å²) < 4.78 is 7.12. The van der Waals surface area contributed by atoms with Crippen molar-refractivity contribution in [1.29, 1.82) is 0 Å². The van der Waals surface area contributed by atoms with Crippen molar-refractivity contribution in [3.05, 3.63) is 48.8 Å². The maximum atomic E-state index is 13.2. The van der Waals surface area contributed by atoms with E-state index >= 15 is 0 Å². The molecule has 2 aromatic rings. The molecule has 1 aliphatic rings. The fourth-order valence-electron chi connectivity index (χ4n) is 3.64. The number of hydrogen-bond acceptors (Lipinski definition) is 4. The molecule has 1 amide bonds. The van der Waals surface area contributed by atoms with Crippen molar-refractivity contribution in [2.75, 3.05) is 31.1 Å². The van der Waals surface area contributed by atoms with Gasteiger partial charge in [-0.25, -0.2) is 0 Å². The van der Waals surface area contributed by atoms with Gasteiger partial charge in [0.25, 0.3) is 0 Å². The smallest absolute Gasteiger partial charge is 0.308 e. The molecule has 6 nitrogen and oxygen atoms in total. The highest BCUT2D eigenvalue weighted by molar-refractivity contribution is 5.81. The summed E-state index contributed by atoms with van der Waals surface area (Å²) in [6.45, 7) is 8.70. The van der Waals surface area contributed by atoms with Crippen LogP contribution in [-0.2, 0) is 9.59 Å². The van der Waals surface area contributed by atoms with Crippen LogP contribution in [0.4, 0.5) is 5.69 Å². The Kier molecular flexibility index (Phi) is 6.39. The lowest BCUT2D eigenvalue weighted by atomic mass is 10.0. The van der Waals surface area contributed by atoms with Gasteiger partial charge in [0.15, 0.2) is 0 Å². The zero-order valence-corrected chi connectivity index (χ0v) is 16.9. The molecule has 28 heavy (non-hydrogen) atoms. The van der Waals surface area contributed by atoms with E-state index in [1.54, 1.807) is 12.1 Å². The molecule has 1 saturated heterocycles. The van der Waals surface area contributed by atoms with Gasteiger partial charge in [-0.2, -0.15) is 0 Å². The maximum Gasteiger partial charge on any atom is 0.308 e. The predicted molar refractivity (Wildman–Crippen MR) is 109 cm³/mol. The van der Waals surface area contributed by atoms with Gasteiger partial charge in [0.2, 0.25) is 5.91 Å². The molecule has 1 aromatic heterocycles. The van der Waals surface area contributed by atoms with Crippen LogP contribution in [0, 0.1) is 5.92 Å². The van der Waals surface area contributed by atoms with Gasteiger partial charge in [-0.3, -0.25) is 9.59 Å². The first-order chi connectivity index (χ1) is 13.4. The summed E-state index contributed by atoms with van der Waals surface area (Å²) in [5.41, 5.74) is 1.08. The topological polar surface area (TPSA) is 54.8 Å². The number of rotatable bonds is 6. The minimum Gasteiger partial charge on any atom is -0.427 e. The van der Waals surface area contributed by atoms with Crippen LogP contribution in [0.3, 0.4) is 0 Å². The first-order valence-corrected chi connectivity index (χ1v) is 9.88. The molecule has 0 saturated carbocycles. The first kappa shape index (κ1) is 20.0. The Bertz CT molecular complexity index is 776. The van der Waals surface area contributed by atoms with E-state index in [0.717, 1.165) is 25.2 Å². The number of aromatic nitrogens is 1. The normalized spacial score (nSPS) is 15.6. The Morgan fingerprint density at radius 1 is 1.00 bits per heavy atom. The van der Waals surface area contributed by atoms with E-state index in [1.807, 2.05) is 46.1 Å². The van der Waals surface area contributed by atoms with E-state index in [-0.39, 0.29) is 17.9 Å². The highest BCUT2D eigenvalue weighted by Gasteiger charge is 2.28. The predicted octanol–water partition coefficient (Wildman–Crippen LogP) is 3.35. The molecule has 0 aliphatic carbocycles. The largest absolute Gasteiger partial charge is 0.427 e. The molecule has 1 aromatic carbocycles. The molecule has 0 N–H and O–H groups in total. The van der Waals surface area contributed by atoms with Gasteiger partial charge >= 0.3 is 5.97 Å². The molecule has 6 heteroatoms. The molecular weight excluding hydrogens is 354 g/mol. The summed E-state index contributed by atoms with van der Waals surface area (Å²) in [5.74, 6) is 0.884. The van der Waals surface area contributed by atoms with E-state index in [0.29, 0.717) is 24.8 Å². The third-order valence-corrected chi connectivity index (χ3v) is 5.02. The highest BCUT2D eigenvalue weighted by atomic mass is 16.5. The van der Waals surface area contributed by atoms with Crippen molar-refractivity contribution in [1.82, 2.24) is 9.47 Å². The number of anilines is 1. The van der Waals surface area contributed by atoms with Crippen molar-refractivity contribution >= 4 is 17.6 Å². The molecule has 0 unspecified atom stereocenters. The second kappa shape index (κ2) is 8.95. The van der Waals surface area contributed by atoms with Crippen LogP contribution in [0.1, 0.15) is 33.2 Å². The Morgan fingerprint density at radius 2 is 1.61 bits per heavy atom. The average molecular weight is 383 g/mol. The Morgan fingerprint density at radius 3 is 2.14 bits per heavy atom. The van der Waals surface area contributed by atoms with Crippen LogP contribution in [0.15, 0.2) is 48.8 Å². The molecule has 0 bridgehead atoms. The van der Waals surface area contributed by atoms with Gasteiger partial charge in [-0.05, 0) is 48.7 Å². The Labute approximate surface area is 166 Å². The number of amides is 1. The third kappa shape index (κ3) is 4.94. The molecule has 0 spiro atoms.